The molecule has 0 aliphatic carbocycles. The second-order valence-electron chi connectivity index (χ2n) is 4.99. The minimum absolute atomic E-state index is 0.0368. The highest BCUT2D eigenvalue weighted by Crippen LogP contribution is 2.12. The maximum atomic E-state index is 12.3. The number of nitrogens with one attached hydrogen (secondary N) is 1. The predicted molar refractivity (Wildman–Crippen MR) is 73.3 cm³/mol. The van der Waals surface area contributed by atoms with E-state index in [4.69, 9.17) is 0 Å². The van der Waals surface area contributed by atoms with Gasteiger partial charge in [-0.2, -0.15) is 0 Å². The largest absolute Gasteiger partial charge is 0.337 e. The van der Waals surface area contributed by atoms with E-state index in [1.807, 2.05) is 11.8 Å². The molecule has 3 heteroatoms. The second kappa shape index (κ2) is 6.01. The number of aryl methyl sites for hydroxylation is 1. The summed E-state index contributed by atoms with van der Waals surface area (Å²) >= 11 is 0. The second-order valence-corrected chi connectivity index (χ2v) is 4.99. The topological polar surface area (TPSA) is 32.3 Å². The van der Waals surface area contributed by atoms with Crippen molar-refractivity contribution in [1.29, 1.82) is 0 Å². The number of benzene rings is 1. The molecule has 1 atom stereocenters. The summed E-state index contributed by atoms with van der Waals surface area (Å²) in [5.74, 6) is 0.247. The van der Waals surface area contributed by atoms with Crippen LogP contribution in [-0.2, 0) is 11.3 Å². The lowest BCUT2D eigenvalue weighted by atomic mass is 10.1. The fraction of sp³-hybridized carbons (Fsp3) is 0.533. The molecule has 1 aliphatic rings. The van der Waals surface area contributed by atoms with Crippen LogP contribution in [0.15, 0.2) is 24.3 Å². The highest BCUT2D eigenvalue weighted by Gasteiger charge is 2.25. The van der Waals surface area contributed by atoms with Gasteiger partial charge in [-0.05, 0) is 38.8 Å². The molecule has 98 valence electrons. The summed E-state index contributed by atoms with van der Waals surface area (Å²) in [5.41, 5.74) is 2.46. The summed E-state index contributed by atoms with van der Waals surface area (Å²) < 4.78 is 0. The number of nitrogens with zero attached hydrogens (tertiary/aromatic N) is 1. The van der Waals surface area contributed by atoms with Gasteiger partial charge in [0.25, 0.3) is 0 Å². The van der Waals surface area contributed by atoms with Gasteiger partial charge in [0, 0.05) is 13.1 Å². The minimum Gasteiger partial charge on any atom is -0.337 e. The summed E-state index contributed by atoms with van der Waals surface area (Å²) in [6.45, 7) is 6.58. The van der Waals surface area contributed by atoms with Gasteiger partial charge >= 0.3 is 0 Å². The molecule has 0 bridgehead atoms. The van der Waals surface area contributed by atoms with Gasteiger partial charge in [0.15, 0.2) is 0 Å². The van der Waals surface area contributed by atoms with Crippen molar-refractivity contribution in [2.75, 3.05) is 13.1 Å². The maximum absolute atomic E-state index is 12.3. The molecule has 0 saturated carbocycles. The van der Waals surface area contributed by atoms with Gasteiger partial charge in [-0.3, -0.25) is 4.79 Å². The molecule has 1 fully saturated rings. The highest BCUT2D eigenvalue weighted by molar-refractivity contribution is 5.82. The summed E-state index contributed by atoms with van der Waals surface area (Å²) in [5, 5.41) is 3.28. The van der Waals surface area contributed by atoms with Crippen molar-refractivity contribution in [3.05, 3.63) is 35.4 Å². The summed E-state index contributed by atoms with van der Waals surface area (Å²) in [6, 6.07) is 8.41. The number of amides is 1. The Morgan fingerprint density at radius 1 is 1.50 bits per heavy atom. The predicted octanol–water partition coefficient (Wildman–Crippen LogP) is 2.10. The maximum Gasteiger partial charge on any atom is 0.239 e. The Morgan fingerprint density at radius 2 is 2.33 bits per heavy atom. The fourth-order valence-corrected chi connectivity index (χ4v) is 2.49. The van der Waals surface area contributed by atoms with Crippen molar-refractivity contribution in [3.63, 3.8) is 0 Å². The van der Waals surface area contributed by atoms with E-state index in [9.17, 15) is 4.79 Å². The lowest BCUT2D eigenvalue weighted by molar-refractivity contribution is -0.133. The van der Waals surface area contributed by atoms with E-state index in [0.717, 1.165) is 32.5 Å². The Hall–Kier alpha value is -1.35. The molecule has 0 spiro atoms. The third-order valence-electron chi connectivity index (χ3n) is 3.51. The van der Waals surface area contributed by atoms with Gasteiger partial charge in [-0.15, -0.1) is 0 Å². The van der Waals surface area contributed by atoms with Crippen molar-refractivity contribution < 1.29 is 4.79 Å². The molecule has 2 rings (SSSR count). The lowest BCUT2D eigenvalue weighted by Crippen LogP contribution is -2.43. The van der Waals surface area contributed by atoms with Crippen molar-refractivity contribution >= 4 is 5.91 Å². The Balaban J connectivity index is 2.02. The molecule has 1 unspecified atom stereocenters. The average molecular weight is 246 g/mol. The molecule has 1 N–H and O–H groups in total. The van der Waals surface area contributed by atoms with Crippen molar-refractivity contribution in [2.24, 2.45) is 0 Å². The van der Waals surface area contributed by atoms with Crippen LogP contribution in [0.3, 0.4) is 0 Å². The number of hydrogen-bond acceptors (Lipinski definition) is 2. The number of carbonyl (C=O) groups is 1. The highest BCUT2D eigenvalue weighted by atomic mass is 16.2. The molecule has 1 amide bonds. The van der Waals surface area contributed by atoms with Crippen molar-refractivity contribution in [3.8, 4) is 0 Å². The third kappa shape index (κ3) is 3.10. The van der Waals surface area contributed by atoms with E-state index in [1.165, 1.54) is 11.1 Å². The van der Waals surface area contributed by atoms with E-state index in [0.29, 0.717) is 0 Å². The van der Waals surface area contributed by atoms with Crippen LogP contribution in [0, 0.1) is 6.92 Å². The zero-order valence-electron chi connectivity index (χ0n) is 11.3. The SMILES string of the molecule is CCN(Cc1cccc(C)c1)C(=O)C1CCCN1. The quantitative estimate of drug-likeness (QED) is 0.882. The van der Waals surface area contributed by atoms with Crippen molar-refractivity contribution in [2.45, 2.75) is 39.3 Å². The average Bonchev–Trinajstić information content (AvgIpc) is 2.89. The zero-order chi connectivity index (χ0) is 13.0. The van der Waals surface area contributed by atoms with Crippen LogP contribution in [-0.4, -0.2) is 29.9 Å². The van der Waals surface area contributed by atoms with E-state index in [1.54, 1.807) is 0 Å². The molecule has 1 aromatic carbocycles. The van der Waals surface area contributed by atoms with E-state index in [-0.39, 0.29) is 11.9 Å². The fourth-order valence-electron chi connectivity index (χ4n) is 2.49. The van der Waals surface area contributed by atoms with E-state index >= 15 is 0 Å². The molecule has 1 heterocycles. The molecule has 1 aliphatic heterocycles. The molecule has 0 aromatic heterocycles. The Bertz CT molecular complexity index is 411. The Kier molecular flexibility index (Phi) is 4.37. The monoisotopic (exact) mass is 246 g/mol. The Labute approximate surface area is 109 Å². The van der Waals surface area contributed by atoms with Crippen LogP contribution in [0.1, 0.15) is 30.9 Å². The van der Waals surface area contributed by atoms with Crippen LogP contribution in [0.2, 0.25) is 0 Å². The molecule has 0 radical (unpaired) electrons. The van der Waals surface area contributed by atoms with E-state index < -0.39 is 0 Å². The van der Waals surface area contributed by atoms with Crippen LogP contribution >= 0.6 is 0 Å². The summed E-state index contributed by atoms with van der Waals surface area (Å²) in [6.07, 6.45) is 2.08. The summed E-state index contributed by atoms with van der Waals surface area (Å²) in [7, 11) is 0. The first-order chi connectivity index (χ1) is 8.70. The van der Waals surface area contributed by atoms with Gasteiger partial charge in [0.1, 0.15) is 0 Å². The third-order valence-corrected chi connectivity index (χ3v) is 3.51. The minimum atomic E-state index is 0.0368. The van der Waals surface area contributed by atoms with Crippen molar-refractivity contribution in [1.82, 2.24) is 10.2 Å². The van der Waals surface area contributed by atoms with Crippen LogP contribution in [0.25, 0.3) is 0 Å². The smallest absolute Gasteiger partial charge is 0.239 e. The van der Waals surface area contributed by atoms with Gasteiger partial charge < -0.3 is 10.2 Å². The van der Waals surface area contributed by atoms with Gasteiger partial charge in [-0.25, -0.2) is 0 Å². The van der Waals surface area contributed by atoms with Gasteiger partial charge in [0.2, 0.25) is 5.91 Å². The summed E-state index contributed by atoms with van der Waals surface area (Å²) in [4.78, 5) is 14.3. The standard InChI is InChI=1S/C15H22N2O/c1-3-17(15(18)14-8-5-9-16-14)11-13-7-4-6-12(2)10-13/h4,6-7,10,14,16H,3,5,8-9,11H2,1-2H3. The number of rotatable bonds is 4. The number of carbonyl (C=O) groups excluding carboxylic acids is 1. The zero-order valence-corrected chi connectivity index (χ0v) is 11.3. The molecular formula is C15H22N2O. The number of hydrogen-bond donors (Lipinski definition) is 1. The molecule has 18 heavy (non-hydrogen) atoms. The van der Waals surface area contributed by atoms with Gasteiger partial charge in [0.05, 0.1) is 6.04 Å². The molecule has 3 nitrogen and oxygen atoms in total. The molecule has 1 aromatic rings. The van der Waals surface area contributed by atoms with Crippen LogP contribution in [0.4, 0.5) is 0 Å². The lowest BCUT2D eigenvalue weighted by Gasteiger charge is -2.24. The first kappa shape index (κ1) is 13.1. The first-order valence-corrected chi connectivity index (χ1v) is 6.78. The van der Waals surface area contributed by atoms with E-state index in [2.05, 4.69) is 36.5 Å². The number of likely N-dealkylation sites (N-methyl/N-ethyl adjacent to an activating group) is 1. The first-order valence-electron chi connectivity index (χ1n) is 6.78. The Morgan fingerprint density at radius 3 is 2.94 bits per heavy atom. The normalized spacial score (nSPS) is 18.9. The van der Waals surface area contributed by atoms with Crippen LogP contribution < -0.4 is 5.32 Å². The molecule has 1 saturated heterocycles. The van der Waals surface area contributed by atoms with Gasteiger partial charge in [-0.1, -0.05) is 29.8 Å². The van der Waals surface area contributed by atoms with Crippen LogP contribution in [0.5, 0.6) is 0 Å². The molecular weight excluding hydrogens is 224 g/mol.